The van der Waals surface area contributed by atoms with Gasteiger partial charge < -0.3 is 23.7 Å². The SMILES string of the molecule is COc1cc(CN(C(=O)OC(C)(C)C)C2CCCCC2)cc(B2OC(C)(C)C(C)(C)O2)c1. The molecule has 2 fully saturated rings. The number of carbonyl (C=O) groups is 1. The van der Waals surface area contributed by atoms with Crippen LogP contribution in [-0.2, 0) is 20.6 Å². The average Bonchev–Trinajstić information content (AvgIpc) is 2.92. The average molecular weight is 445 g/mol. The second kappa shape index (κ2) is 9.26. The van der Waals surface area contributed by atoms with Crippen molar-refractivity contribution in [1.29, 1.82) is 0 Å². The van der Waals surface area contributed by atoms with Gasteiger partial charge in [-0.2, -0.15) is 0 Å². The Labute approximate surface area is 194 Å². The minimum Gasteiger partial charge on any atom is -0.497 e. The number of carbonyl (C=O) groups excluding carboxylic acids is 1. The summed E-state index contributed by atoms with van der Waals surface area (Å²) in [6.45, 7) is 14.4. The first kappa shape index (κ1) is 24.9. The van der Waals surface area contributed by atoms with Gasteiger partial charge in [0.25, 0.3) is 0 Å². The molecule has 0 N–H and O–H groups in total. The molecule has 7 heteroatoms. The number of nitrogens with zero attached hydrogens (tertiary/aromatic N) is 1. The van der Waals surface area contributed by atoms with Crippen LogP contribution in [0.25, 0.3) is 0 Å². The van der Waals surface area contributed by atoms with Gasteiger partial charge in [0.15, 0.2) is 0 Å². The second-order valence-electron chi connectivity index (χ2n) is 11.1. The monoisotopic (exact) mass is 445 g/mol. The number of methoxy groups -OCH3 is 1. The highest BCUT2D eigenvalue weighted by molar-refractivity contribution is 6.62. The fraction of sp³-hybridized carbons (Fsp3) is 0.720. The lowest BCUT2D eigenvalue weighted by Gasteiger charge is -2.35. The second-order valence-corrected chi connectivity index (χ2v) is 11.1. The van der Waals surface area contributed by atoms with Gasteiger partial charge >= 0.3 is 13.2 Å². The van der Waals surface area contributed by atoms with Crippen LogP contribution in [0.15, 0.2) is 18.2 Å². The summed E-state index contributed by atoms with van der Waals surface area (Å²) in [5.41, 5.74) is 0.486. The van der Waals surface area contributed by atoms with E-state index in [4.69, 9.17) is 18.8 Å². The van der Waals surface area contributed by atoms with Crippen LogP contribution < -0.4 is 10.2 Å². The largest absolute Gasteiger partial charge is 0.497 e. The Morgan fingerprint density at radius 2 is 1.66 bits per heavy atom. The summed E-state index contributed by atoms with van der Waals surface area (Å²) in [5.74, 6) is 0.722. The molecular weight excluding hydrogens is 405 g/mol. The van der Waals surface area contributed by atoms with E-state index in [1.807, 2.05) is 65.5 Å². The number of amides is 1. The van der Waals surface area contributed by atoms with Gasteiger partial charge in [0, 0.05) is 12.6 Å². The molecule has 178 valence electrons. The van der Waals surface area contributed by atoms with Crippen molar-refractivity contribution in [2.75, 3.05) is 7.11 Å². The summed E-state index contributed by atoms with van der Waals surface area (Å²) in [6.07, 6.45) is 5.26. The summed E-state index contributed by atoms with van der Waals surface area (Å²) < 4.78 is 23.9. The molecule has 3 rings (SSSR count). The van der Waals surface area contributed by atoms with E-state index in [-0.39, 0.29) is 12.1 Å². The van der Waals surface area contributed by atoms with Gasteiger partial charge in [-0.3, -0.25) is 0 Å². The third-order valence-corrected chi connectivity index (χ3v) is 6.75. The first-order valence-electron chi connectivity index (χ1n) is 11.8. The van der Waals surface area contributed by atoms with Crippen molar-refractivity contribution in [3.8, 4) is 5.75 Å². The molecule has 1 saturated carbocycles. The maximum Gasteiger partial charge on any atom is 0.494 e. The van der Waals surface area contributed by atoms with Gasteiger partial charge in [0.05, 0.1) is 18.3 Å². The fourth-order valence-corrected chi connectivity index (χ4v) is 4.26. The fourth-order valence-electron chi connectivity index (χ4n) is 4.26. The summed E-state index contributed by atoms with van der Waals surface area (Å²) >= 11 is 0. The van der Waals surface area contributed by atoms with Crippen molar-refractivity contribution in [3.63, 3.8) is 0 Å². The van der Waals surface area contributed by atoms with Gasteiger partial charge in [-0.25, -0.2) is 4.79 Å². The van der Waals surface area contributed by atoms with E-state index >= 15 is 0 Å². The third-order valence-electron chi connectivity index (χ3n) is 6.75. The molecule has 0 radical (unpaired) electrons. The Bertz CT molecular complexity index is 795. The van der Waals surface area contributed by atoms with Crippen LogP contribution in [0, 0.1) is 0 Å². The smallest absolute Gasteiger partial charge is 0.494 e. The Balaban J connectivity index is 1.89. The molecule has 1 aliphatic carbocycles. The molecule has 0 bridgehead atoms. The van der Waals surface area contributed by atoms with Crippen molar-refractivity contribution in [1.82, 2.24) is 4.90 Å². The normalized spacial score (nSPS) is 20.8. The Hall–Kier alpha value is -1.73. The number of hydrogen-bond acceptors (Lipinski definition) is 5. The van der Waals surface area contributed by atoms with Crippen molar-refractivity contribution in [3.05, 3.63) is 23.8 Å². The molecule has 0 spiro atoms. The minimum atomic E-state index is -0.535. The molecule has 6 nitrogen and oxygen atoms in total. The molecule has 32 heavy (non-hydrogen) atoms. The molecule has 1 aromatic carbocycles. The summed E-state index contributed by atoms with van der Waals surface area (Å²) in [4.78, 5) is 15.0. The van der Waals surface area contributed by atoms with E-state index in [2.05, 4.69) is 6.07 Å². The lowest BCUT2D eigenvalue weighted by Crippen LogP contribution is -2.44. The number of benzene rings is 1. The van der Waals surface area contributed by atoms with E-state index in [0.29, 0.717) is 6.54 Å². The number of hydrogen-bond donors (Lipinski definition) is 0. The van der Waals surface area contributed by atoms with Crippen LogP contribution in [0.4, 0.5) is 4.79 Å². The Morgan fingerprint density at radius 3 is 2.19 bits per heavy atom. The Morgan fingerprint density at radius 1 is 1.06 bits per heavy atom. The van der Waals surface area contributed by atoms with Gasteiger partial charge in [0.1, 0.15) is 11.4 Å². The maximum absolute atomic E-state index is 13.2. The van der Waals surface area contributed by atoms with E-state index < -0.39 is 23.9 Å². The molecule has 1 amide bonds. The van der Waals surface area contributed by atoms with Crippen LogP contribution in [0.2, 0.25) is 0 Å². The Kier molecular flexibility index (Phi) is 7.21. The molecular formula is C25H40BNO5. The highest BCUT2D eigenvalue weighted by Crippen LogP contribution is 2.37. The zero-order valence-electron chi connectivity index (χ0n) is 21.1. The zero-order chi connectivity index (χ0) is 23.7. The summed E-state index contributed by atoms with van der Waals surface area (Å²) in [6, 6.07) is 6.18. The molecule has 2 aliphatic rings. The lowest BCUT2D eigenvalue weighted by atomic mass is 9.78. The van der Waals surface area contributed by atoms with Gasteiger partial charge in [-0.15, -0.1) is 0 Å². The zero-order valence-corrected chi connectivity index (χ0v) is 21.1. The predicted molar refractivity (Wildman–Crippen MR) is 127 cm³/mol. The molecule has 0 unspecified atom stereocenters. The van der Waals surface area contributed by atoms with Crippen molar-refractivity contribution < 1.29 is 23.6 Å². The standard InChI is InChI=1S/C25H40BNO5/c1-23(2,3)30-22(28)27(20-12-10-9-11-13-20)17-18-14-19(16-21(15-18)29-8)26-31-24(4,5)25(6,7)32-26/h14-16,20H,9-13,17H2,1-8H3. The lowest BCUT2D eigenvalue weighted by molar-refractivity contribution is 0.00578. The first-order chi connectivity index (χ1) is 14.8. The van der Waals surface area contributed by atoms with E-state index in [9.17, 15) is 4.79 Å². The van der Waals surface area contributed by atoms with Crippen molar-refractivity contribution in [2.24, 2.45) is 0 Å². The first-order valence-corrected chi connectivity index (χ1v) is 11.8. The maximum atomic E-state index is 13.2. The molecule has 0 atom stereocenters. The van der Waals surface area contributed by atoms with E-state index in [0.717, 1.165) is 42.5 Å². The van der Waals surface area contributed by atoms with Crippen LogP contribution in [0.1, 0.15) is 86.1 Å². The van der Waals surface area contributed by atoms with Gasteiger partial charge in [-0.05, 0) is 84.5 Å². The molecule has 1 aromatic rings. The number of rotatable bonds is 5. The molecule has 1 heterocycles. The highest BCUT2D eigenvalue weighted by atomic mass is 16.7. The van der Waals surface area contributed by atoms with E-state index in [1.54, 1.807) is 7.11 Å². The topological polar surface area (TPSA) is 57.2 Å². The van der Waals surface area contributed by atoms with Crippen LogP contribution in [0.3, 0.4) is 0 Å². The van der Waals surface area contributed by atoms with Crippen molar-refractivity contribution in [2.45, 2.75) is 110 Å². The minimum absolute atomic E-state index is 0.185. The molecule has 1 saturated heterocycles. The van der Waals surface area contributed by atoms with Crippen LogP contribution in [-0.4, -0.2) is 48.1 Å². The van der Waals surface area contributed by atoms with Gasteiger partial charge in [0.2, 0.25) is 0 Å². The molecule has 0 aromatic heterocycles. The third kappa shape index (κ3) is 5.79. The summed E-state index contributed by atoms with van der Waals surface area (Å²) in [5, 5.41) is 0. The highest BCUT2D eigenvalue weighted by Gasteiger charge is 2.51. The molecule has 1 aliphatic heterocycles. The van der Waals surface area contributed by atoms with E-state index in [1.165, 1.54) is 6.42 Å². The van der Waals surface area contributed by atoms with Crippen molar-refractivity contribution >= 4 is 18.7 Å². The predicted octanol–water partition coefficient (Wildman–Crippen LogP) is 5.06. The number of ether oxygens (including phenoxy) is 2. The summed E-state index contributed by atoms with van der Waals surface area (Å²) in [7, 11) is 1.17. The van der Waals surface area contributed by atoms with Gasteiger partial charge in [-0.1, -0.05) is 25.3 Å². The van der Waals surface area contributed by atoms with Crippen LogP contribution >= 0.6 is 0 Å². The quantitative estimate of drug-likeness (QED) is 0.593. The van der Waals surface area contributed by atoms with Crippen LogP contribution in [0.5, 0.6) is 5.75 Å².